The van der Waals surface area contributed by atoms with Crippen molar-refractivity contribution in [2.75, 3.05) is 4.90 Å². The summed E-state index contributed by atoms with van der Waals surface area (Å²) in [5.41, 5.74) is 14.5. The van der Waals surface area contributed by atoms with Crippen LogP contribution in [0, 0.1) is 0 Å². The van der Waals surface area contributed by atoms with Gasteiger partial charge in [-0.25, -0.2) is 0 Å². The Bertz CT molecular complexity index is 3010. The van der Waals surface area contributed by atoms with Crippen molar-refractivity contribution in [2.45, 2.75) is 0 Å². The van der Waals surface area contributed by atoms with Gasteiger partial charge in [-0.15, -0.1) is 0 Å². The molecule has 2 nitrogen and oxygen atoms in total. The summed E-state index contributed by atoms with van der Waals surface area (Å²) in [6, 6.07) is 71.0. The highest BCUT2D eigenvalue weighted by molar-refractivity contribution is 6.24. The number of hydrogen-bond acceptors (Lipinski definition) is 1. The molecule has 0 saturated heterocycles. The zero-order valence-electron chi connectivity index (χ0n) is 28.4. The Balaban J connectivity index is 1.17. The van der Waals surface area contributed by atoms with E-state index in [2.05, 4.69) is 204 Å². The normalized spacial score (nSPS) is 11.8. The van der Waals surface area contributed by atoms with Gasteiger partial charge in [-0.1, -0.05) is 133 Å². The zero-order valence-corrected chi connectivity index (χ0v) is 28.4. The van der Waals surface area contributed by atoms with Crippen LogP contribution < -0.4 is 4.90 Å². The average molecular weight is 661 g/mol. The molecule has 1 aromatic heterocycles. The highest BCUT2D eigenvalue weighted by atomic mass is 15.1. The van der Waals surface area contributed by atoms with Gasteiger partial charge in [0.15, 0.2) is 0 Å². The third-order valence-electron chi connectivity index (χ3n) is 10.9. The Hall–Kier alpha value is -6.90. The van der Waals surface area contributed by atoms with Gasteiger partial charge in [0.2, 0.25) is 0 Å². The fourth-order valence-electron chi connectivity index (χ4n) is 8.59. The van der Waals surface area contributed by atoms with Crippen LogP contribution in [0.2, 0.25) is 0 Å². The van der Waals surface area contributed by atoms with Gasteiger partial charge >= 0.3 is 0 Å². The molecule has 0 bridgehead atoms. The minimum absolute atomic E-state index is 1.11. The first kappa shape index (κ1) is 28.9. The number of rotatable bonds is 5. The maximum absolute atomic E-state index is 2.43. The Morgan fingerprint density at radius 3 is 1.88 bits per heavy atom. The standard InChI is InChI=1S/C50H32N2/c1-3-13-33(14-4-1)34-16-11-20-38(30-34)51(40-25-27-43-42-22-9-10-24-47(42)52(48(43)32-40)37-18-5-2-6-19-37)39-26-28-45-46(31-39)44-23-12-17-36-29-35-15-7-8-21-41(35)50(45)49(36)44/h1-32H. The first-order valence-electron chi connectivity index (χ1n) is 17.9. The molecule has 0 saturated carbocycles. The molecule has 9 aromatic carbocycles. The van der Waals surface area contributed by atoms with Gasteiger partial charge in [-0.05, 0) is 116 Å². The molecular formula is C50H32N2. The van der Waals surface area contributed by atoms with E-state index in [0.717, 1.165) is 22.7 Å². The molecule has 0 atom stereocenters. The average Bonchev–Trinajstić information content (AvgIpc) is 3.72. The minimum Gasteiger partial charge on any atom is -0.310 e. The molecule has 10 aromatic rings. The van der Waals surface area contributed by atoms with E-state index in [-0.39, 0.29) is 0 Å². The molecule has 0 spiro atoms. The molecule has 0 fully saturated rings. The monoisotopic (exact) mass is 660 g/mol. The topological polar surface area (TPSA) is 8.17 Å². The van der Waals surface area contributed by atoms with E-state index in [0.29, 0.717) is 0 Å². The fourth-order valence-corrected chi connectivity index (χ4v) is 8.59. The van der Waals surface area contributed by atoms with Crippen LogP contribution in [-0.2, 0) is 0 Å². The van der Waals surface area contributed by atoms with Crippen molar-refractivity contribution >= 4 is 60.4 Å². The second kappa shape index (κ2) is 11.3. The van der Waals surface area contributed by atoms with Gasteiger partial charge in [-0.2, -0.15) is 0 Å². The number of para-hydroxylation sites is 2. The molecular weight excluding hydrogens is 629 g/mol. The van der Waals surface area contributed by atoms with E-state index in [1.54, 1.807) is 0 Å². The molecule has 0 N–H and O–H groups in total. The molecule has 1 heterocycles. The highest BCUT2D eigenvalue weighted by Crippen LogP contribution is 2.52. The lowest BCUT2D eigenvalue weighted by Crippen LogP contribution is -2.10. The summed E-state index contributed by atoms with van der Waals surface area (Å²) < 4.78 is 2.40. The second-order valence-electron chi connectivity index (χ2n) is 13.7. The van der Waals surface area contributed by atoms with Crippen LogP contribution in [0.3, 0.4) is 0 Å². The van der Waals surface area contributed by atoms with E-state index in [1.807, 2.05) is 0 Å². The summed E-state index contributed by atoms with van der Waals surface area (Å²) in [6.45, 7) is 0. The Kier molecular flexibility index (Phi) is 6.28. The quantitative estimate of drug-likeness (QED) is 0.167. The molecule has 242 valence electrons. The molecule has 0 aliphatic heterocycles. The number of hydrogen-bond donors (Lipinski definition) is 0. The van der Waals surface area contributed by atoms with Crippen LogP contribution in [0.15, 0.2) is 194 Å². The maximum Gasteiger partial charge on any atom is 0.0561 e. The van der Waals surface area contributed by atoms with Crippen LogP contribution in [0.25, 0.3) is 82.4 Å². The van der Waals surface area contributed by atoms with E-state index in [4.69, 9.17) is 0 Å². The Morgan fingerprint density at radius 1 is 0.346 bits per heavy atom. The maximum atomic E-state index is 2.43. The smallest absolute Gasteiger partial charge is 0.0561 e. The minimum atomic E-state index is 1.11. The predicted molar refractivity (Wildman–Crippen MR) is 220 cm³/mol. The summed E-state index contributed by atoms with van der Waals surface area (Å²) in [6.07, 6.45) is 0. The van der Waals surface area contributed by atoms with Crippen molar-refractivity contribution in [3.63, 3.8) is 0 Å². The largest absolute Gasteiger partial charge is 0.310 e. The summed E-state index contributed by atoms with van der Waals surface area (Å²) in [4.78, 5) is 2.43. The molecule has 0 unspecified atom stereocenters. The van der Waals surface area contributed by atoms with Gasteiger partial charge in [0.05, 0.1) is 11.0 Å². The third-order valence-corrected chi connectivity index (χ3v) is 10.9. The van der Waals surface area contributed by atoms with Crippen molar-refractivity contribution in [1.29, 1.82) is 0 Å². The second-order valence-corrected chi connectivity index (χ2v) is 13.7. The summed E-state index contributed by atoms with van der Waals surface area (Å²) in [7, 11) is 0. The number of aromatic nitrogens is 1. The SMILES string of the molecule is c1ccc(-c2cccc(N(c3ccc4c(c3)-c3cccc5cc6ccccc6c-4c35)c3ccc4c5ccccc5n(-c5ccccc5)c4c3)c2)cc1. The number of fused-ring (bicyclic) bond motifs is 8. The molecule has 52 heavy (non-hydrogen) atoms. The van der Waals surface area contributed by atoms with Crippen LogP contribution in [0.1, 0.15) is 0 Å². The molecule has 0 radical (unpaired) electrons. The van der Waals surface area contributed by atoms with E-state index < -0.39 is 0 Å². The molecule has 0 amide bonds. The zero-order chi connectivity index (χ0) is 34.2. The molecule has 11 rings (SSSR count). The fraction of sp³-hybridized carbons (Fsp3) is 0. The lowest BCUT2D eigenvalue weighted by molar-refractivity contribution is 1.18. The molecule has 1 aliphatic rings. The van der Waals surface area contributed by atoms with Gasteiger partial charge < -0.3 is 9.47 Å². The third kappa shape index (κ3) is 4.31. The number of nitrogens with zero attached hydrogens (tertiary/aromatic N) is 2. The van der Waals surface area contributed by atoms with E-state index in [1.165, 1.54) is 76.7 Å². The van der Waals surface area contributed by atoms with Crippen LogP contribution >= 0.6 is 0 Å². The van der Waals surface area contributed by atoms with Gasteiger partial charge in [0.1, 0.15) is 0 Å². The van der Waals surface area contributed by atoms with Crippen molar-refractivity contribution in [3.05, 3.63) is 194 Å². The summed E-state index contributed by atoms with van der Waals surface area (Å²) in [5, 5.41) is 7.71. The van der Waals surface area contributed by atoms with Crippen LogP contribution in [0.5, 0.6) is 0 Å². The van der Waals surface area contributed by atoms with E-state index >= 15 is 0 Å². The van der Waals surface area contributed by atoms with Crippen molar-refractivity contribution in [3.8, 4) is 39.1 Å². The summed E-state index contributed by atoms with van der Waals surface area (Å²) >= 11 is 0. The Labute approximate surface area is 302 Å². The lowest BCUT2D eigenvalue weighted by atomic mass is 9.96. The number of benzene rings is 9. The Morgan fingerprint density at radius 2 is 1.00 bits per heavy atom. The molecule has 1 aliphatic carbocycles. The molecule has 2 heteroatoms. The first-order valence-corrected chi connectivity index (χ1v) is 17.9. The first-order chi connectivity index (χ1) is 25.8. The van der Waals surface area contributed by atoms with Crippen molar-refractivity contribution in [2.24, 2.45) is 0 Å². The highest BCUT2D eigenvalue weighted by Gasteiger charge is 2.26. The van der Waals surface area contributed by atoms with Crippen molar-refractivity contribution < 1.29 is 0 Å². The van der Waals surface area contributed by atoms with Crippen molar-refractivity contribution in [1.82, 2.24) is 4.57 Å². The van der Waals surface area contributed by atoms with Crippen LogP contribution in [-0.4, -0.2) is 4.57 Å². The van der Waals surface area contributed by atoms with Gasteiger partial charge in [-0.3, -0.25) is 0 Å². The van der Waals surface area contributed by atoms with E-state index in [9.17, 15) is 0 Å². The summed E-state index contributed by atoms with van der Waals surface area (Å²) in [5.74, 6) is 0. The van der Waals surface area contributed by atoms with Gasteiger partial charge in [0.25, 0.3) is 0 Å². The van der Waals surface area contributed by atoms with Crippen LogP contribution in [0.4, 0.5) is 17.1 Å². The van der Waals surface area contributed by atoms with Gasteiger partial charge in [0, 0.05) is 33.5 Å². The number of anilines is 3. The predicted octanol–water partition coefficient (Wildman–Crippen LogP) is 13.9. The lowest BCUT2D eigenvalue weighted by Gasteiger charge is -2.27.